The van der Waals surface area contributed by atoms with Gasteiger partial charge < -0.3 is 5.32 Å². The number of hydrogen-bond donors (Lipinski definition) is 1. The van der Waals surface area contributed by atoms with Gasteiger partial charge in [-0.15, -0.1) is 0 Å². The van der Waals surface area contributed by atoms with Crippen molar-refractivity contribution in [1.29, 1.82) is 0 Å². The van der Waals surface area contributed by atoms with Crippen LogP contribution in [-0.2, 0) is 10.2 Å². The second-order valence-corrected chi connectivity index (χ2v) is 5.94. The standard InChI is InChI=1S/C18H19FN2O/c1-13-8-11-20-16(12-13)21-17(22)18(9-4-5-10-18)14-6-2-3-7-15(14)19/h2-3,6-8,11-12H,4-5,9-10H2,1H3,(H,20,21,22). The van der Waals surface area contributed by atoms with Crippen LogP contribution < -0.4 is 5.32 Å². The third-order valence-electron chi connectivity index (χ3n) is 4.44. The number of aromatic nitrogens is 1. The van der Waals surface area contributed by atoms with E-state index >= 15 is 0 Å². The summed E-state index contributed by atoms with van der Waals surface area (Å²) in [7, 11) is 0. The fourth-order valence-electron chi connectivity index (χ4n) is 3.29. The van der Waals surface area contributed by atoms with Gasteiger partial charge in [-0.3, -0.25) is 4.79 Å². The third kappa shape index (κ3) is 2.61. The van der Waals surface area contributed by atoms with Gasteiger partial charge in [0.25, 0.3) is 0 Å². The number of carbonyl (C=O) groups is 1. The number of hydrogen-bond acceptors (Lipinski definition) is 2. The SMILES string of the molecule is Cc1ccnc(NC(=O)C2(c3ccccc3F)CCCC2)c1. The van der Waals surface area contributed by atoms with Gasteiger partial charge in [0.15, 0.2) is 0 Å². The lowest BCUT2D eigenvalue weighted by molar-refractivity contribution is -0.121. The topological polar surface area (TPSA) is 42.0 Å². The normalized spacial score (nSPS) is 16.5. The molecule has 1 aliphatic rings. The Balaban J connectivity index is 1.94. The van der Waals surface area contributed by atoms with Gasteiger partial charge in [0.1, 0.15) is 11.6 Å². The van der Waals surface area contributed by atoms with Crippen LogP contribution in [-0.4, -0.2) is 10.9 Å². The molecule has 1 N–H and O–H groups in total. The maximum Gasteiger partial charge on any atom is 0.236 e. The highest BCUT2D eigenvalue weighted by Crippen LogP contribution is 2.42. The van der Waals surface area contributed by atoms with Gasteiger partial charge in [0.05, 0.1) is 5.41 Å². The van der Waals surface area contributed by atoms with Gasteiger partial charge in [-0.2, -0.15) is 0 Å². The fraction of sp³-hybridized carbons (Fsp3) is 0.333. The molecule has 2 aromatic rings. The lowest BCUT2D eigenvalue weighted by atomic mass is 9.77. The summed E-state index contributed by atoms with van der Waals surface area (Å²) in [4.78, 5) is 17.1. The molecule has 1 aliphatic carbocycles. The molecule has 0 radical (unpaired) electrons. The number of nitrogens with one attached hydrogen (secondary N) is 1. The molecule has 1 aromatic heterocycles. The molecule has 4 heteroatoms. The molecule has 0 spiro atoms. The molecule has 22 heavy (non-hydrogen) atoms. The van der Waals surface area contributed by atoms with Crippen LogP contribution in [0.1, 0.15) is 36.8 Å². The van der Waals surface area contributed by atoms with Crippen molar-refractivity contribution in [2.75, 3.05) is 5.32 Å². The van der Waals surface area contributed by atoms with E-state index < -0.39 is 5.41 Å². The molecule has 0 bridgehead atoms. The average molecular weight is 298 g/mol. The fourth-order valence-corrected chi connectivity index (χ4v) is 3.29. The number of benzene rings is 1. The van der Waals surface area contributed by atoms with Crippen LogP contribution in [0.4, 0.5) is 10.2 Å². The number of halogens is 1. The molecule has 0 aliphatic heterocycles. The largest absolute Gasteiger partial charge is 0.310 e. The molecule has 1 aromatic carbocycles. The molecule has 1 amide bonds. The van der Waals surface area contributed by atoms with Gasteiger partial charge in [0.2, 0.25) is 5.91 Å². The van der Waals surface area contributed by atoms with Crippen LogP contribution in [0.3, 0.4) is 0 Å². The van der Waals surface area contributed by atoms with Gasteiger partial charge in [-0.1, -0.05) is 31.0 Å². The number of anilines is 1. The van der Waals surface area contributed by atoms with E-state index in [1.807, 2.05) is 19.1 Å². The summed E-state index contributed by atoms with van der Waals surface area (Å²) in [5.74, 6) is 0.0533. The van der Waals surface area contributed by atoms with E-state index in [0.29, 0.717) is 24.2 Å². The molecule has 3 rings (SSSR count). The summed E-state index contributed by atoms with van der Waals surface area (Å²) in [6, 6.07) is 10.3. The predicted octanol–water partition coefficient (Wildman–Crippen LogP) is 3.98. The first kappa shape index (κ1) is 14.7. The van der Waals surface area contributed by atoms with E-state index in [1.165, 1.54) is 6.07 Å². The van der Waals surface area contributed by atoms with Crippen molar-refractivity contribution in [3.8, 4) is 0 Å². The van der Waals surface area contributed by atoms with Gasteiger partial charge in [-0.25, -0.2) is 9.37 Å². The summed E-state index contributed by atoms with van der Waals surface area (Å²) in [6.45, 7) is 1.94. The van der Waals surface area contributed by atoms with Crippen LogP contribution in [0.2, 0.25) is 0 Å². The number of rotatable bonds is 3. The first-order chi connectivity index (χ1) is 10.6. The number of carbonyl (C=O) groups excluding carboxylic acids is 1. The highest BCUT2D eigenvalue weighted by atomic mass is 19.1. The summed E-state index contributed by atoms with van der Waals surface area (Å²) in [5.41, 5.74) is 0.742. The van der Waals surface area contributed by atoms with Crippen molar-refractivity contribution >= 4 is 11.7 Å². The lowest BCUT2D eigenvalue weighted by Gasteiger charge is -2.28. The number of pyridine rings is 1. The smallest absolute Gasteiger partial charge is 0.236 e. The zero-order chi connectivity index (χ0) is 15.6. The average Bonchev–Trinajstić information content (AvgIpc) is 2.98. The highest BCUT2D eigenvalue weighted by molar-refractivity contribution is 5.98. The minimum atomic E-state index is -0.781. The van der Waals surface area contributed by atoms with Crippen molar-refractivity contribution < 1.29 is 9.18 Å². The lowest BCUT2D eigenvalue weighted by Crippen LogP contribution is -2.39. The first-order valence-corrected chi connectivity index (χ1v) is 7.61. The highest BCUT2D eigenvalue weighted by Gasteiger charge is 2.44. The van der Waals surface area contributed by atoms with Crippen LogP contribution in [0.5, 0.6) is 0 Å². The zero-order valence-electron chi connectivity index (χ0n) is 12.6. The number of aryl methyl sites for hydroxylation is 1. The molecule has 0 atom stereocenters. The van der Waals surface area contributed by atoms with Crippen molar-refractivity contribution in [2.24, 2.45) is 0 Å². The molecular formula is C18H19FN2O. The maximum absolute atomic E-state index is 14.3. The second-order valence-electron chi connectivity index (χ2n) is 5.94. The van der Waals surface area contributed by atoms with Gasteiger partial charge in [0, 0.05) is 11.8 Å². The van der Waals surface area contributed by atoms with Crippen LogP contribution >= 0.6 is 0 Å². The van der Waals surface area contributed by atoms with E-state index in [2.05, 4.69) is 10.3 Å². The second kappa shape index (κ2) is 5.87. The number of nitrogens with zero attached hydrogens (tertiary/aromatic N) is 1. The third-order valence-corrected chi connectivity index (χ3v) is 4.44. The molecule has 0 saturated heterocycles. The summed E-state index contributed by atoms with van der Waals surface area (Å²) < 4.78 is 14.3. The van der Waals surface area contributed by atoms with E-state index in [0.717, 1.165) is 18.4 Å². The van der Waals surface area contributed by atoms with Crippen molar-refractivity contribution in [3.63, 3.8) is 0 Å². The molecule has 1 heterocycles. The van der Waals surface area contributed by atoms with Crippen LogP contribution in [0, 0.1) is 12.7 Å². The Morgan fingerprint density at radius 2 is 1.95 bits per heavy atom. The zero-order valence-corrected chi connectivity index (χ0v) is 12.6. The van der Waals surface area contributed by atoms with E-state index in [9.17, 15) is 9.18 Å². The maximum atomic E-state index is 14.3. The van der Waals surface area contributed by atoms with E-state index in [1.54, 1.807) is 24.4 Å². The Hall–Kier alpha value is -2.23. The molecule has 1 saturated carbocycles. The Morgan fingerprint density at radius 3 is 2.64 bits per heavy atom. The summed E-state index contributed by atoms with van der Waals surface area (Å²) in [6.07, 6.45) is 4.87. The van der Waals surface area contributed by atoms with E-state index in [-0.39, 0.29) is 11.7 Å². The Kier molecular flexibility index (Phi) is 3.92. The van der Waals surface area contributed by atoms with Crippen molar-refractivity contribution in [3.05, 3.63) is 59.5 Å². The van der Waals surface area contributed by atoms with Crippen molar-refractivity contribution in [1.82, 2.24) is 4.98 Å². The number of amides is 1. The summed E-state index contributed by atoms with van der Waals surface area (Å²) >= 11 is 0. The predicted molar refractivity (Wildman–Crippen MR) is 84.1 cm³/mol. The van der Waals surface area contributed by atoms with Crippen LogP contribution in [0.25, 0.3) is 0 Å². The summed E-state index contributed by atoms with van der Waals surface area (Å²) in [5, 5.41) is 2.87. The minimum Gasteiger partial charge on any atom is -0.310 e. The Morgan fingerprint density at radius 1 is 1.23 bits per heavy atom. The Bertz CT molecular complexity index is 693. The molecule has 3 nitrogen and oxygen atoms in total. The quantitative estimate of drug-likeness (QED) is 0.931. The molecular weight excluding hydrogens is 279 g/mol. The van der Waals surface area contributed by atoms with Crippen molar-refractivity contribution in [2.45, 2.75) is 38.0 Å². The molecule has 0 unspecified atom stereocenters. The molecule has 114 valence electrons. The van der Waals surface area contributed by atoms with Gasteiger partial charge in [-0.05, 0) is 43.5 Å². The van der Waals surface area contributed by atoms with Gasteiger partial charge >= 0.3 is 0 Å². The monoisotopic (exact) mass is 298 g/mol. The minimum absolute atomic E-state index is 0.159. The Labute approximate surface area is 129 Å². The van der Waals surface area contributed by atoms with Crippen LogP contribution in [0.15, 0.2) is 42.6 Å². The molecule has 1 fully saturated rings. The first-order valence-electron chi connectivity index (χ1n) is 7.61. The van der Waals surface area contributed by atoms with E-state index in [4.69, 9.17) is 0 Å².